The van der Waals surface area contributed by atoms with Crippen LogP contribution in [0.1, 0.15) is 5.56 Å². The van der Waals surface area contributed by atoms with Crippen LogP contribution in [-0.2, 0) is 6.42 Å². The maximum absolute atomic E-state index is 2.34. The van der Waals surface area contributed by atoms with Gasteiger partial charge in [-0.3, -0.25) is 0 Å². The molecule has 1 nitrogen and oxygen atoms in total. The second-order valence-electron chi connectivity index (χ2n) is 4.00. The molecule has 0 aliphatic carbocycles. The third-order valence-corrected chi connectivity index (χ3v) is 3.07. The maximum atomic E-state index is 2.34. The molecule has 0 aromatic heterocycles. The van der Waals surface area contributed by atoms with E-state index < -0.39 is 0 Å². The van der Waals surface area contributed by atoms with Gasteiger partial charge in [-0.2, -0.15) is 0 Å². The Morgan fingerprint density at radius 2 is 1.79 bits per heavy atom. The van der Waals surface area contributed by atoms with Crippen molar-refractivity contribution in [3.63, 3.8) is 0 Å². The molecule has 14 heavy (non-hydrogen) atoms. The molecular weight excluding hydrogens is 170 g/mol. The van der Waals surface area contributed by atoms with Crippen molar-refractivity contribution >= 4 is 16.5 Å². The lowest BCUT2D eigenvalue weighted by molar-refractivity contribution is 0.956. The van der Waals surface area contributed by atoms with Crippen molar-refractivity contribution in [2.75, 3.05) is 18.5 Å². The van der Waals surface area contributed by atoms with E-state index >= 15 is 0 Å². The Hall–Kier alpha value is -1.50. The Morgan fingerprint density at radius 1 is 1.07 bits per heavy atom. The minimum atomic E-state index is 1.16. The van der Waals surface area contributed by atoms with E-state index in [0.29, 0.717) is 0 Å². The Labute approximate surface area is 84.0 Å². The Balaban J connectivity index is 2.33. The Kier molecular flexibility index (Phi) is 1.54. The van der Waals surface area contributed by atoms with Crippen LogP contribution in [-0.4, -0.2) is 13.6 Å². The van der Waals surface area contributed by atoms with Crippen LogP contribution in [0.25, 0.3) is 10.8 Å². The summed E-state index contributed by atoms with van der Waals surface area (Å²) >= 11 is 0. The molecule has 0 atom stereocenters. The van der Waals surface area contributed by atoms with Gasteiger partial charge >= 0.3 is 0 Å². The number of nitrogens with zero attached hydrogens (tertiary/aromatic N) is 1. The summed E-state index contributed by atoms with van der Waals surface area (Å²) in [4.78, 5) is 2.34. The quantitative estimate of drug-likeness (QED) is 0.607. The Morgan fingerprint density at radius 3 is 2.57 bits per heavy atom. The minimum Gasteiger partial charge on any atom is -0.374 e. The summed E-state index contributed by atoms with van der Waals surface area (Å²) < 4.78 is 0. The predicted octanol–water partition coefficient (Wildman–Crippen LogP) is 2.83. The zero-order valence-electron chi connectivity index (χ0n) is 8.33. The fraction of sp³-hybridized carbons (Fsp3) is 0.231. The van der Waals surface area contributed by atoms with Gasteiger partial charge in [0.1, 0.15) is 0 Å². The summed E-state index contributed by atoms with van der Waals surface area (Å²) in [5.41, 5.74) is 2.90. The van der Waals surface area contributed by atoms with Crippen LogP contribution in [0.4, 0.5) is 5.69 Å². The summed E-state index contributed by atoms with van der Waals surface area (Å²) in [5, 5.41) is 2.71. The highest BCUT2D eigenvalue weighted by Gasteiger charge is 2.15. The van der Waals surface area contributed by atoms with Gasteiger partial charge in [-0.15, -0.1) is 0 Å². The zero-order valence-corrected chi connectivity index (χ0v) is 8.33. The van der Waals surface area contributed by atoms with Crippen LogP contribution in [0.3, 0.4) is 0 Å². The topological polar surface area (TPSA) is 3.24 Å². The molecule has 2 aromatic rings. The number of hydrogen-bond donors (Lipinski definition) is 0. The van der Waals surface area contributed by atoms with Crippen LogP contribution in [0.5, 0.6) is 0 Å². The lowest BCUT2D eigenvalue weighted by Crippen LogP contribution is -2.12. The summed E-state index contributed by atoms with van der Waals surface area (Å²) in [7, 11) is 2.17. The zero-order chi connectivity index (χ0) is 9.54. The summed E-state index contributed by atoms with van der Waals surface area (Å²) in [6.07, 6.45) is 1.19. The van der Waals surface area contributed by atoms with E-state index in [1.807, 2.05) is 0 Å². The van der Waals surface area contributed by atoms with Crippen molar-refractivity contribution in [1.29, 1.82) is 0 Å². The molecule has 1 heteroatoms. The van der Waals surface area contributed by atoms with Crippen LogP contribution < -0.4 is 4.90 Å². The standard InChI is InChI=1S/C13H13N/c1-14-7-6-12-8-10-4-2-3-5-11(10)9-13(12)14/h2-5,8-9H,6-7H2,1H3. The molecule has 0 fully saturated rings. The normalized spacial score (nSPS) is 14.8. The van der Waals surface area contributed by atoms with Gasteiger partial charge in [0.15, 0.2) is 0 Å². The first kappa shape index (κ1) is 7.86. The van der Waals surface area contributed by atoms with Gasteiger partial charge in [-0.05, 0) is 34.9 Å². The first-order valence-corrected chi connectivity index (χ1v) is 5.07. The van der Waals surface area contributed by atoms with E-state index in [1.165, 1.54) is 28.4 Å². The molecule has 1 aliphatic heterocycles. The highest BCUT2D eigenvalue weighted by atomic mass is 15.1. The van der Waals surface area contributed by atoms with Crippen LogP contribution in [0.15, 0.2) is 36.4 Å². The lowest BCUT2D eigenvalue weighted by atomic mass is 10.1. The van der Waals surface area contributed by atoms with Crippen LogP contribution >= 0.6 is 0 Å². The van der Waals surface area contributed by atoms with Gasteiger partial charge in [-0.1, -0.05) is 24.3 Å². The third-order valence-electron chi connectivity index (χ3n) is 3.07. The first-order chi connectivity index (χ1) is 6.84. The molecule has 0 amide bonds. The summed E-state index contributed by atoms with van der Waals surface area (Å²) in [6.45, 7) is 1.16. The minimum absolute atomic E-state index is 1.16. The molecule has 0 saturated heterocycles. The number of likely N-dealkylation sites (N-methyl/N-ethyl adjacent to an activating group) is 1. The molecule has 70 valence electrons. The molecular formula is C13H13N. The summed E-state index contributed by atoms with van der Waals surface area (Å²) in [5.74, 6) is 0. The molecule has 0 N–H and O–H groups in total. The van der Waals surface area contributed by atoms with Crippen molar-refractivity contribution in [2.45, 2.75) is 6.42 Å². The predicted molar refractivity (Wildman–Crippen MR) is 60.9 cm³/mol. The van der Waals surface area contributed by atoms with Crippen molar-refractivity contribution in [1.82, 2.24) is 0 Å². The number of anilines is 1. The van der Waals surface area contributed by atoms with E-state index in [2.05, 4.69) is 48.3 Å². The number of hydrogen-bond acceptors (Lipinski definition) is 1. The van der Waals surface area contributed by atoms with Gasteiger partial charge in [0.2, 0.25) is 0 Å². The van der Waals surface area contributed by atoms with Gasteiger partial charge in [0.25, 0.3) is 0 Å². The number of fused-ring (bicyclic) bond motifs is 2. The van der Waals surface area contributed by atoms with Crippen molar-refractivity contribution in [3.8, 4) is 0 Å². The fourth-order valence-corrected chi connectivity index (χ4v) is 2.24. The second kappa shape index (κ2) is 2.74. The van der Waals surface area contributed by atoms with Gasteiger partial charge < -0.3 is 4.90 Å². The molecule has 0 unspecified atom stereocenters. The van der Waals surface area contributed by atoms with E-state index in [4.69, 9.17) is 0 Å². The van der Waals surface area contributed by atoms with E-state index in [-0.39, 0.29) is 0 Å². The molecule has 0 spiro atoms. The maximum Gasteiger partial charge on any atom is 0.0403 e. The average molecular weight is 183 g/mol. The highest BCUT2D eigenvalue weighted by molar-refractivity contribution is 5.88. The molecule has 3 rings (SSSR count). The first-order valence-electron chi connectivity index (χ1n) is 5.07. The smallest absolute Gasteiger partial charge is 0.0403 e. The van der Waals surface area contributed by atoms with Crippen molar-refractivity contribution < 1.29 is 0 Å². The number of rotatable bonds is 0. The van der Waals surface area contributed by atoms with Gasteiger partial charge in [0, 0.05) is 19.3 Å². The van der Waals surface area contributed by atoms with Gasteiger partial charge in [0.05, 0.1) is 0 Å². The monoisotopic (exact) mass is 183 g/mol. The van der Waals surface area contributed by atoms with Gasteiger partial charge in [-0.25, -0.2) is 0 Å². The Bertz CT molecular complexity index is 488. The largest absolute Gasteiger partial charge is 0.374 e. The van der Waals surface area contributed by atoms with Crippen molar-refractivity contribution in [3.05, 3.63) is 42.0 Å². The molecule has 2 aromatic carbocycles. The second-order valence-corrected chi connectivity index (χ2v) is 4.00. The van der Waals surface area contributed by atoms with Crippen LogP contribution in [0, 0.1) is 0 Å². The highest BCUT2D eigenvalue weighted by Crippen LogP contribution is 2.30. The summed E-state index contributed by atoms with van der Waals surface area (Å²) in [6, 6.07) is 13.2. The molecule has 1 heterocycles. The average Bonchev–Trinajstić information content (AvgIpc) is 2.57. The molecule has 1 aliphatic rings. The number of benzene rings is 2. The SMILES string of the molecule is CN1CCc2cc3ccccc3cc21. The molecule has 0 bridgehead atoms. The fourth-order valence-electron chi connectivity index (χ4n) is 2.24. The third kappa shape index (κ3) is 1.02. The molecule has 0 saturated carbocycles. The van der Waals surface area contributed by atoms with Crippen LogP contribution in [0.2, 0.25) is 0 Å². The van der Waals surface area contributed by atoms with Crippen molar-refractivity contribution in [2.24, 2.45) is 0 Å². The lowest BCUT2D eigenvalue weighted by Gasteiger charge is -2.12. The molecule has 0 radical (unpaired) electrons. The van der Waals surface area contributed by atoms with E-state index in [0.717, 1.165) is 6.54 Å². The van der Waals surface area contributed by atoms with E-state index in [9.17, 15) is 0 Å². The van der Waals surface area contributed by atoms with E-state index in [1.54, 1.807) is 0 Å².